The molecule has 18 heavy (non-hydrogen) atoms. The molecular weight excluding hydrogens is 234 g/mol. The molecule has 1 heterocycles. The van der Waals surface area contributed by atoms with E-state index in [0.29, 0.717) is 18.1 Å². The van der Waals surface area contributed by atoms with Crippen LogP contribution in [0, 0.1) is 0 Å². The number of carboxylic acids is 1. The lowest BCUT2D eigenvalue weighted by atomic mass is 10.3. The van der Waals surface area contributed by atoms with Gasteiger partial charge in [0.05, 0.1) is 0 Å². The molecule has 0 unspecified atom stereocenters. The van der Waals surface area contributed by atoms with Crippen LogP contribution in [0.2, 0.25) is 0 Å². The summed E-state index contributed by atoms with van der Waals surface area (Å²) in [6.45, 7) is 1.50. The third kappa shape index (κ3) is 4.92. The van der Waals surface area contributed by atoms with Crippen molar-refractivity contribution in [3.05, 3.63) is 24.0 Å². The Morgan fingerprint density at radius 3 is 2.72 bits per heavy atom. The zero-order chi connectivity index (χ0) is 13.4. The van der Waals surface area contributed by atoms with Crippen LogP contribution in [0.4, 0.5) is 5.95 Å². The van der Waals surface area contributed by atoms with Crippen LogP contribution in [0.3, 0.4) is 0 Å². The summed E-state index contributed by atoms with van der Waals surface area (Å²) in [4.78, 5) is 20.6. The third-order valence-corrected chi connectivity index (χ3v) is 2.26. The number of ether oxygens (including phenoxy) is 1. The van der Waals surface area contributed by atoms with Gasteiger partial charge >= 0.3 is 5.97 Å². The van der Waals surface area contributed by atoms with Gasteiger partial charge in [-0.1, -0.05) is 0 Å². The van der Waals surface area contributed by atoms with Crippen LogP contribution in [0.25, 0.3) is 6.08 Å². The van der Waals surface area contributed by atoms with E-state index < -0.39 is 5.97 Å². The number of carbonyl (C=O) groups is 1. The van der Waals surface area contributed by atoms with Gasteiger partial charge in [-0.15, -0.1) is 0 Å². The van der Waals surface area contributed by atoms with E-state index in [0.717, 1.165) is 19.0 Å². The average molecular weight is 251 g/mol. The molecule has 1 aromatic rings. The van der Waals surface area contributed by atoms with Crippen molar-refractivity contribution in [1.82, 2.24) is 9.97 Å². The molecule has 1 N–H and O–H groups in total. The van der Waals surface area contributed by atoms with Gasteiger partial charge in [0, 0.05) is 51.3 Å². The molecule has 1 aromatic heterocycles. The van der Waals surface area contributed by atoms with Gasteiger partial charge in [0.15, 0.2) is 0 Å². The van der Waals surface area contributed by atoms with Gasteiger partial charge in [-0.05, 0) is 12.5 Å². The summed E-state index contributed by atoms with van der Waals surface area (Å²) in [5.41, 5.74) is 0.659. The first-order valence-electron chi connectivity index (χ1n) is 5.56. The Morgan fingerprint density at radius 2 is 2.17 bits per heavy atom. The van der Waals surface area contributed by atoms with Gasteiger partial charge in [-0.3, -0.25) is 0 Å². The second-order valence-electron chi connectivity index (χ2n) is 3.76. The van der Waals surface area contributed by atoms with E-state index >= 15 is 0 Å². The van der Waals surface area contributed by atoms with Crippen molar-refractivity contribution in [3.63, 3.8) is 0 Å². The molecule has 6 heteroatoms. The normalized spacial score (nSPS) is 10.8. The first-order valence-corrected chi connectivity index (χ1v) is 5.56. The highest BCUT2D eigenvalue weighted by Crippen LogP contribution is 2.06. The predicted octanol–water partition coefficient (Wildman–Crippen LogP) is 1.05. The van der Waals surface area contributed by atoms with Gasteiger partial charge in [0.2, 0.25) is 5.95 Å². The molecule has 0 bridgehead atoms. The Hall–Kier alpha value is -1.95. The van der Waals surface area contributed by atoms with E-state index in [2.05, 4.69) is 9.97 Å². The number of nitrogens with zero attached hydrogens (tertiary/aromatic N) is 3. The molecule has 0 aliphatic rings. The van der Waals surface area contributed by atoms with Crippen molar-refractivity contribution in [3.8, 4) is 0 Å². The van der Waals surface area contributed by atoms with Crippen molar-refractivity contribution < 1.29 is 14.6 Å². The van der Waals surface area contributed by atoms with Crippen LogP contribution in [0.5, 0.6) is 0 Å². The van der Waals surface area contributed by atoms with Crippen molar-refractivity contribution in [1.29, 1.82) is 0 Å². The molecule has 0 amide bonds. The maximum Gasteiger partial charge on any atom is 0.328 e. The molecular formula is C12H17N3O3. The zero-order valence-electron chi connectivity index (χ0n) is 10.5. The summed E-state index contributed by atoms with van der Waals surface area (Å²) in [6, 6.07) is 0. The quantitative estimate of drug-likeness (QED) is 0.576. The largest absolute Gasteiger partial charge is 0.478 e. The molecule has 1 rings (SSSR count). The molecule has 6 nitrogen and oxygen atoms in total. The summed E-state index contributed by atoms with van der Waals surface area (Å²) in [5.74, 6) is -0.380. The number of aliphatic carboxylic acids is 1. The highest BCUT2D eigenvalue weighted by molar-refractivity contribution is 5.85. The fourth-order valence-corrected chi connectivity index (χ4v) is 1.33. The number of anilines is 1. The summed E-state index contributed by atoms with van der Waals surface area (Å²) >= 11 is 0. The number of rotatable bonds is 7. The van der Waals surface area contributed by atoms with Crippen molar-refractivity contribution in [2.75, 3.05) is 32.2 Å². The summed E-state index contributed by atoms with van der Waals surface area (Å²) < 4.78 is 4.97. The maximum absolute atomic E-state index is 10.3. The molecule has 0 aliphatic heterocycles. The smallest absolute Gasteiger partial charge is 0.328 e. The fraction of sp³-hybridized carbons (Fsp3) is 0.417. The summed E-state index contributed by atoms with van der Waals surface area (Å²) in [6.07, 6.45) is 6.60. The van der Waals surface area contributed by atoms with Gasteiger partial charge in [-0.25, -0.2) is 14.8 Å². The van der Waals surface area contributed by atoms with Crippen molar-refractivity contribution >= 4 is 18.0 Å². The number of carboxylic acid groups (broad SMARTS) is 1. The summed E-state index contributed by atoms with van der Waals surface area (Å²) in [7, 11) is 3.57. The molecule has 0 aliphatic carbocycles. The number of aromatic nitrogens is 2. The molecule has 0 saturated heterocycles. The second-order valence-corrected chi connectivity index (χ2v) is 3.76. The third-order valence-electron chi connectivity index (χ3n) is 2.26. The molecule has 0 atom stereocenters. The minimum Gasteiger partial charge on any atom is -0.478 e. The standard InChI is InChI=1S/C12H17N3O3/c1-15(6-3-7-18-2)12-13-8-10(9-14-12)4-5-11(16)17/h4-5,8-9H,3,6-7H2,1-2H3,(H,16,17)/b5-4+. The topological polar surface area (TPSA) is 75.5 Å². The second kappa shape index (κ2) is 7.39. The summed E-state index contributed by atoms with van der Waals surface area (Å²) in [5, 5.41) is 8.49. The Bertz CT molecular complexity index is 404. The highest BCUT2D eigenvalue weighted by Gasteiger charge is 2.03. The van der Waals surface area contributed by atoms with Crippen LogP contribution in [0.15, 0.2) is 18.5 Å². The van der Waals surface area contributed by atoms with Crippen LogP contribution in [0.1, 0.15) is 12.0 Å². The van der Waals surface area contributed by atoms with E-state index in [9.17, 15) is 4.79 Å². The highest BCUT2D eigenvalue weighted by atomic mass is 16.5. The van der Waals surface area contributed by atoms with Gasteiger partial charge in [0.1, 0.15) is 0 Å². The first-order chi connectivity index (χ1) is 8.63. The average Bonchev–Trinajstić information content (AvgIpc) is 2.37. The Balaban J connectivity index is 2.56. The van der Waals surface area contributed by atoms with Gasteiger partial charge in [0.25, 0.3) is 0 Å². The number of hydrogen-bond acceptors (Lipinski definition) is 5. The van der Waals surface area contributed by atoms with E-state index in [4.69, 9.17) is 9.84 Å². The first kappa shape index (κ1) is 14.1. The van der Waals surface area contributed by atoms with E-state index in [-0.39, 0.29) is 0 Å². The SMILES string of the molecule is COCCCN(C)c1ncc(/C=C/C(=O)O)cn1. The molecule has 0 radical (unpaired) electrons. The van der Waals surface area contributed by atoms with Gasteiger partial charge < -0.3 is 14.7 Å². The lowest BCUT2D eigenvalue weighted by Gasteiger charge is -2.16. The Morgan fingerprint density at radius 1 is 1.50 bits per heavy atom. The van der Waals surface area contributed by atoms with Gasteiger partial charge in [-0.2, -0.15) is 0 Å². The fourth-order valence-electron chi connectivity index (χ4n) is 1.33. The minimum absolute atomic E-state index is 0.610. The van der Waals surface area contributed by atoms with Crippen molar-refractivity contribution in [2.24, 2.45) is 0 Å². The lowest BCUT2D eigenvalue weighted by molar-refractivity contribution is -0.131. The van der Waals surface area contributed by atoms with Crippen LogP contribution < -0.4 is 4.90 Å². The predicted molar refractivity (Wildman–Crippen MR) is 68.5 cm³/mol. The van der Waals surface area contributed by atoms with Crippen LogP contribution in [-0.2, 0) is 9.53 Å². The molecule has 0 aromatic carbocycles. The van der Waals surface area contributed by atoms with Crippen LogP contribution in [-0.4, -0.2) is 48.4 Å². The Kier molecular flexibility index (Phi) is 5.79. The maximum atomic E-state index is 10.3. The molecule has 0 spiro atoms. The molecule has 98 valence electrons. The van der Waals surface area contributed by atoms with E-state index in [1.807, 2.05) is 11.9 Å². The zero-order valence-corrected chi connectivity index (χ0v) is 10.5. The van der Waals surface area contributed by atoms with E-state index in [1.54, 1.807) is 19.5 Å². The minimum atomic E-state index is -0.990. The lowest BCUT2D eigenvalue weighted by Crippen LogP contribution is -2.21. The van der Waals surface area contributed by atoms with Crippen LogP contribution >= 0.6 is 0 Å². The van der Waals surface area contributed by atoms with E-state index in [1.165, 1.54) is 6.08 Å². The molecule has 0 saturated carbocycles. The molecule has 0 fully saturated rings. The Labute approximate surface area is 106 Å². The van der Waals surface area contributed by atoms with Crippen molar-refractivity contribution in [2.45, 2.75) is 6.42 Å². The monoisotopic (exact) mass is 251 g/mol. The number of hydrogen-bond donors (Lipinski definition) is 1. The number of methoxy groups -OCH3 is 1.